The van der Waals surface area contributed by atoms with Crippen LogP contribution in [-0.4, -0.2) is 21.0 Å². The summed E-state index contributed by atoms with van der Waals surface area (Å²) in [6.07, 6.45) is 2.56. The molecule has 0 aliphatic rings. The molecule has 104 valence electrons. The fraction of sp³-hybridized carbons (Fsp3) is 0.267. The number of benzene rings is 1. The van der Waals surface area contributed by atoms with Crippen LogP contribution in [0.5, 0.6) is 11.6 Å². The first-order chi connectivity index (χ1) is 9.36. The molecular weight excluding hydrogens is 256 g/mol. The molecule has 20 heavy (non-hydrogen) atoms. The minimum atomic E-state index is -1.13. The van der Waals surface area contributed by atoms with Gasteiger partial charge in [-0.2, -0.15) is 0 Å². The second-order valence-electron chi connectivity index (χ2n) is 5.42. The van der Waals surface area contributed by atoms with Crippen molar-refractivity contribution in [3.05, 3.63) is 47.9 Å². The largest absolute Gasteiger partial charge is 0.476 e. The third-order valence-electron chi connectivity index (χ3n) is 2.77. The molecule has 0 bridgehead atoms. The Morgan fingerprint density at radius 2 is 1.80 bits per heavy atom. The molecule has 0 amide bonds. The lowest BCUT2D eigenvalue weighted by Gasteiger charge is -2.19. The van der Waals surface area contributed by atoms with Crippen LogP contribution in [0.2, 0.25) is 0 Å². The lowest BCUT2D eigenvalue weighted by molar-refractivity contribution is 0.0689. The van der Waals surface area contributed by atoms with Crippen LogP contribution in [0.4, 0.5) is 0 Å². The van der Waals surface area contributed by atoms with E-state index in [-0.39, 0.29) is 17.0 Å². The smallest absolute Gasteiger partial charge is 0.356 e. The highest BCUT2D eigenvalue weighted by molar-refractivity contribution is 5.84. The van der Waals surface area contributed by atoms with Crippen LogP contribution >= 0.6 is 0 Å². The van der Waals surface area contributed by atoms with E-state index in [2.05, 4.69) is 30.7 Å². The number of hydrogen-bond acceptors (Lipinski definition) is 4. The Hall–Kier alpha value is -2.43. The molecule has 5 heteroatoms. The lowest BCUT2D eigenvalue weighted by atomic mass is 9.87. The molecule has 5 nitrogen and oxygen atoms in total. The quantitative estimate of drug-likeness (QED) is 0.928. The molecule has 0 aliphatic carbocycles. The van der Waals surface area contributed by atoms with E-state index in [0.717, 1.165) is 0 Å². The summed E-state index contributed by atoms with van der Waals surface area (Å²) in [6, 6.07) is 7.61. The van der Waals surface area contributed by atoms with E-state index >= 15 is 0 Å². The number of nitrogens with zero attached hydrogens (tertiary/aromatic N) is 2. The van der Waals surface area contributed by atoms with Crippen molar-refractivity contribution in [3.63, 3.8) is 0 Å². The molecule has 0 spiro atoms. The Labute approximate surface area is 117 Å². The topological polar surface area (TPSA) is 72.3 Å². The highest BCUT2D eigenvalue weighted by Crippen LogP contribution is 2.26. The average molecular weight is 272 g/mol. The first-order valence-corrected chi connectivity index (χ1v) is 6.20. The zero-order valence-electron chi connectivity index (χ0n) is 11.6. The van der Waals surface area contributed by atoms with E-state index in [1.54, 1.807) is 0 Å². The molecule has 0 radical (unpaired) electrons. The zero-order valence-corrected chi connectivity index (χ0v) is 11.6. The molecule has 0 unspecified atom stereocenters. The summed E-state index contributed by atoms with van der Waals surface area (Å²) in [5.41, 5.74) is 1.12. The predicted molar refractivity (Wildman–Crippen MR) is 74.2 cm³/mol. The maximum absolute atomic E-state index is 10.8. The van der Waals surface area contributed by atoms with E-state index in [9.17, 15) is 4.79 Å². The van der Waals surface area contributed by atoms with E-state index in [1.807, 2.05) is 24.3 Å². The fourth-order valence-corrected chi connectivity index (χ4v) is 1.64. The fourth-order valence-electron chi connectivity index (χ4n) is 1.64. The average Bonchev–Trinajstić information content (AvgIpc) is 2.38. The summed E-state index contributed by atoms with van der Waals surface area (Å²) in [5.74, 6) is -0.380. The standard InChI is InChI=1S/C15H16N2O3/c1-15(2,3)10-4-6-11(7-5-10)20-13-9-16-8-12(17-13)14(18)19/h4-9H,1-3H3,(H,18,19). The van der Waals surface area contributed by atoms with Crippen LogP contribution in [-0.2, 0) is 5.41 Å². The van der Waals surface area contributed by atoms with Crippen LogP contribution in [0.1, 0.15) is 36.8 Å². The van der Waals surface area contributed by atoms with Gasteiger partial charge in [-0.3, -0.25) is 4.98 Å². The normalized spacial score (nSPS) is 11.2. The van der Waals surface area contributed by atoms with Crippen molar-refractivity contribution in [1.82, 2.24) is 9.97 Å². The molecule has 2 rings (SSSR count). The van der Waals surface area contributed by atoms with Gasteiger partial charge in [0.15, 0.2) is 5.69 Å². The van der Waals surface area contributed by atoms with Gasteiger partial charge in [-0.25, -0.2) is 9.78 Å². The number of ether oxygens (including phenoxy) is 1. The molecule has 0 saturated heterocycles. The Bertz CT molecular complexity index is 616. The van der Waals surface area contributed by atoms with E-state index in [4.69, 9.17) is 9.84 Å². The number of aromatic nitrogens is 2. The van der Waals surface area contributed by atoms with Gasteiger partial charge in [0.2, 0.25) is 5.88 Å². The molecule has 1 heterocycles. The summed E-state index contributed by atoms with van der Waals surface area (Å²) in [6.45, 7) is 6.39. The second kappa shape index (κ2) is 5.28. The van der Waals surface area contributed by atoms with E-state index in [1.165, 1.54) is 18.0 Å². The maximum atomic E-state index is 10.8. The van der Waals surface area contributed by atoms with Gasteiger partial charge < -0.3 is 9.84 Å². The highest BCUT2D eigenvalue weighted by atomic mass is 16.5. The first-order valence-electron chi connectivity index (χ1n) is 6.20. The van der Waals surface area contributed by atoms with E-state index in [0.29, 0.717) is 5.75 Å². The number of carbonyl (C=O) groups is 1. The summed E-state index contributed by atoms with van der Waals surface area (Å²) >= 11 is 0. The van der Waals surface area contributed by atoms with Crippen LogP contribution in [0.25, 0.3) is 0 Å². The van der Waals surface area contributed by atoms with Crippen LogP contribution in [0.3, 0.4) is 0 Å². The van der Waals surface area contributed by atoms with Crippen molar-refractivity contribution in [1.29, 1.82) is 0 Å². The van der Waals surface area contributed by atoms with Gasteiger partial charge in [-0.05, 0) is 23.1 Å². The van der Waals surface area contributed by atoms with Crippen molar-refractivity contribution < 1.29 is 14.6 Å². The Morgan fingerprint density at radius 3 is 2.35 bits per heavy atom. The summed E-state index contributed by atoms with van der Waals surface area (Å²) in [4.78, 5) is 18.4. The molecule has 1 aromatic carbocycles. The lowest BCUT2D eigenvalue weighted by Crippen LogP contribution is -2.10. The SMILES string of the molecule is CC(C)(C)c1ccc(Oc2cncc(C(=O)O)n2)cc1. The molecule has 0 saturated carbocycles. The number of hydrogen-bond donors (Lipinski definition) is 1. The summed E-state index contributed by atoms with van der Waals surface area (Å²) in [5, 5.41) is 8.84. The monoisotopic (exact) mass is 272 g/mol. The summed E-state index contributed by atoms with van der Waals surface area (Å²) in [7, 11) is 0. The van der Waals surface area contributed by atoms with Gasteiger partial charge in [0, 0.05) is 0 Å². The summed E-state index contributed by atoms with van der Waals surface area (Å²) < 4.78 is 5.50. The van der Waals surface area contributed by atoms with Crippen molar-refractivity contribution >= 4 is 5.97 Å². The van der Waals surface area contributed by atoms with Crippen LogP contribution in [0.15, 0.2) is 36.7 Å². The van der Waals surface area contributed by atoms with E-state index < -0.39 is 5.97 Å². The molecule has 0 aliphatic heterocycles. The van der Waals surface area contributed by atoms with Crippen LogP contribution in [0, 0.1) is 0 Å². The van der Waals surface area contributed by atoms with Gasteiger partial charge in [0.1, 0.15) is 5.75 Å². The van der Waals surface area contributed by atoms with Crippen molar-refractivity contribution in [3.8, 4) is 11.6 Å². The molecule has 0 atom stereocenters. The first kappa shape index (κ1) is 14.0. The molecule has 2 aromatic rings. The zero-order chi connectivity index (χ0) is 14.8. The van der Waals surface area contributed by atoms with Crippen molar-refractivity contribution in [2.45, 2.75) is 26.2 Å². The number of rotatable bonds is 3. The van der Waals surface area contributed by atoms with Gasteiger partial charge >= 0.3 is 5.97 Å². The third kappa shape index (κ3) is 3.32. The Morgan fingerprint density at radius 1 is 1.15 bits per heavy atom. The minimum absolute atomic E-state index is 0.0710. The minimum Gasteiger partial charge on any atom is -0.476 e. The van der Waals surface area contributed by atoms with Crippen molar-refractivity contribution in [2.24, 2.45) is 0 Å². The third-order valence-corrected chi connectivity index (χ3v) is 2.77. The number of carboxylic acid groups (broad SMARTS) is 1. The highest BCUT2D eigenvalue weighted by Gasteiger charge is 2.13. The predicted octanol–water partition coefficient (Wildman–Crippen LogP) is 3.26. The second-order valence-corrected chi connectivity index (χ2v) is 5.42. The van der Waals surface area contributed by atoms with Crippen molar-refractivity contribution in [2.75, 3.05) is 0 Å². The van der Waals surface area contributed by atoms with Gasteiger partial charge in [-0.15, -0.1) is 0 Å². The maximum Gasteiger partial charge on any atom is 0.356 e. The van der Waals surface area contributed by atoms with Crippen LogP contribution < -0.4 is 4.74 Å². The Kier molecular flexibility index (Phi) is 3.70. The number of aromatic carboxylic acids is 1. The molecule has 1 N–H and O–H groups in total. The molecule has 0 fully saturated rings. The van der Waals surface area contributed by atoms with Gasteiger partial charge in [0.25, 0.3) is 0 Å². The molecular formula is C15H16N2O3. The Balaban J connectivity index is 2.18. The van der Waals surface area contributed by atoms with Gasteiger partial charge in [-0.1, -0.05) is 32.9 Å². The molecule has 1 aromatic heterocycles. The van der Waals surface area contributed by atoms with Gasteiger partial charge in [0.05, 0.1) is 12.4 Å². The number of carboxylic acids is 1.